The molecule has 1 fully saturated rings. The minimum absolute atomic E-state index is 0.00217. The van der Waals surface area contributed by atoms with E-state index in [1.807, 2.05) is 0 Å². The molecule has 0 bridgehead atoms. The molecule has 0 aromatic rings. The Kier molecular flexibility index (Phi) is 4.80. The smallest absolute Gasteiger partial charge is 0.152 e. The summed E-state index contributed by atoms with van der Waals surface area (Å²) in [7, 11) is -2.85. The molecular weight excluding hydrogens is 208 g/mol. The van der Waals surface area contributed by atoms with Gasteiger partial charge in [-0.15, -0.1) is 0 Å². The Morgan fingerprint density at radius 2 is 2.07 bits per heavy atom. The lowest BCUT2D eigenvalue weighted by molar-refractivity contribution is 0.00678. The maximum atomic E-state index is 11.0. The van der Waals surface area contributed by atoms with Crippen LogP contribution in [0.15, 0.2) is 0 Å². The van der Waals surface area contributed by atoms with Crippen molar-refractivity contribution in [1.82, 2.24) is 0 Å². The molecule has 1 heterocycles. The second-order valence-corrected chi connectivity index (χ2v) is 5.46. The minimum Gasteiger partial charge on any atom is -0.394 e. The van der Waals surface area contributed by atoms with Crippen molar-refractivity contribution in [3.05, 3.63) is 0 Å². The first-order valence-electron chi connectivity index (χ1n) is 4.65. The fourth-order valence-corrected chi connectivity index (χ4v) is 2.95. The largest absolute Gasteiger partial charge is 0.394 e. The van der Waals surface area contributed by atoms with E-state index in [4.69, 9.17) is 14.6 Å². The van der Waals surface area contributed by atoms with Crippen molar-refractivity contribution in [3.8, 4) is 0 Å². The molecule has 84 valence electrons. The number of hydrogen-bond acceptors (Lipinski definition) is 5. The third-order valence-electron chi connectivity index (χ3n) is 2.01. The average molecular weight is 224 g/mol. The normalized spacial score (nSPS) is 25.4. The summed E-state index contributed by atoms with van der Waals surface area (Å²) in [5.41, 5.74) is 0. The van der Waals surface area contributed by atoms with Crippen LogP contribution in [0.4, 0.5) is 0 Å². The van der Waals surface area contributed by atoms with Gasteiger partial charge in [0.05, 0.1) is 44.0 Å². The lowest BCUT2D eigenvalue weighted by Gasteiger charge is -2.09. The zero-order valence-corrected chi connectivity index (χ0v) is 8.83. The van der Waals surface area contributed by atoms with Gasteiger partial charge in [0, 0.05) is 0 Å². The Labute approximate surface area is 83.9 Å². The highest BCUT2D eigenvalue weighted by atomic mass is 32.2. The molecule has 0 saturated carbocycles. The van der Waals surface area contributed by atoms with E-state index < -0.39 is 9.84 Å². The van der Waals surface area contributed by atoms with E-state index in [0.717, 1.165) is 0 Å². The van der Waals surface area contributed by atoms with Gasteiger partial charge in [-0.05, 0) is 6.42 Å². The molecule has 6 heteroatoms. The molecule has 0 amide bonds. The van der Waals surface area contributed by atoms with E-state index in [9.17, 15) is 8.42 Å². The molecule has 1 N–H and O–H groups in total. The zero-order valence-electron chi connectivity index (χ0n) is 8.02. The van der Waals surface area contributed by atoms with Crippen molar-refractivity contribution in [1.29, 1.82) is 0 Å². The van der Waals surface area contributed by atoms with E-state index in [1.54, 1.807) is 0 Å². The van der Waals surface area contributed by atoms with E-state index in [1.165, 1.54) is 0 Å². The van der Waals surface area contributed by atoms with Crippen LogP contribution >= 0.6 is 0 Å². The fourth-order valence-electron chi connectivity index (χ4n) is 1.33. The predicted octanol–water partition coefficient (Wildman–Crippen LogP) is -0.801. The molecule has 14 heavy (non-hydrogen) atoms. The van der Waals surface area contributed by atoms with Gasteiger partial charge in [0.2, 0.25) is 0 Å². The molecule has 0 unspecified atom stereocenters. The second kappa shape index (κ2) is 5.65. The number of hydrogen-bond donors (Lipinski definition) is 1. The molecule has 0 aromatic carbocycles. The van der Waals surface area contributed by atoms with Gasteiger partial charge in [-0.2, -0.15) is 0 Å². The summed E-state index contributed by atoms with van der Waals surface area (Å²) in [4.78, 5) is 0. The van der Waals surface area contributed by atoms with Crippen LogP contribution in [0.3, 0.4) is 0 Å². The number of aliphatic hydroxyl groups excluding tert-OH is 1. The summed E-state index contributed by atoms with van der Waals surface area (Å²) < 4.78 is 32.3. The number of ether oxygens (including phenoxy) is 2. The molecule has 1 saturated heterocycles. The lowest BCUT2D eigenvalue weighted by atomic mass is 10.3. The first-order valence-corrected chi connectivity index (χ1v) is 6.47. The highest BCUT2D eigenvalue weighted by Gasteiger charge is 2.28. The van der Waals surface area contributed by atoms with E-state index in [0.29, 0.717) is 26.2 Å². The van der Waals surface area contributed by atoms with Gasteiger partial charge in [-0.1, -0.05) is 0 Å². The molecule has 1 rings (SSSR count). The summed E-state index contributed by atoms with van der Waals surface area (Å²) in [6, 6.07) is 0. The van der Waals surface area contributed by atoms with Crippen molar-refractivity contribution in [2.45, 2.75) is 12.5 Å². The van der Waals surface area contributed by atoms with Crippen LogP contribution in [-0.2, 0) is 19.3 Å². The van der Waals surface area contributed by atoms with Gasteiger partial charge in [0.15, 0.2) is 9.84 Å². The van der Waals surface area contributed by atoms with Gasteiger partial charge >= 0.3 is 0 Å². The van der Waals surface area contributed by atoms with Crippen LogP contribution in [0.1, 0.15) is 6.42 Å². The average Bonchev–Trinajstić information content (AvgIpc) is 2.45. The summed E-state index contributed by atoms with van der Waals surface area (Å²) >= 11 is 0. The SMILES string of the molecule is O=S1(=O)CC[C@@H](OCCOCCO)C1. The summed E-state index contributed by atoms with van der Waals surface area (Å²) in [6.07, 6.45) is 0.417. The van der Waals surface area contributed by atoms with Crippen LogP contribution in [-0.4, -0.2) is 57.6 Å². The van der Waals surface area contributed by atoms with Gasteiger partial charge in [0.25, 0.3) is 0 Å². The third kappa shape index (κ3) is 4.36. The van der Waals surface area contributed by atoms with Gasteiger partial charge in [-0.25, -0.2) is 8.42 Å². The predicted molar refractivity (Wildman–Crippen MR) is 50.9 cm³/mol. The van der Waals surface area contributed by atoms with E-state index in [2.05, 4.69) is 0 Å². The lowest BCUT2D eigenvalue weighted by Crippen LogP contribution is -2.18. The van der Waals surface area contributed by atoms with Crippen LogP contribution < -0.4 is 0 Å². The van der Waals surface area contributed by atoms with Crippen molar-refractivity contribution < 1.29 is 23.0 Å². The van der Waals surface area contributed by atoms with Crippen molar-refractivity contribution >= 4 is 9.84 Å². The molecule has 1 atom stereocenters. The van der Waals surface area contributed by atoms with Crippen molar-refractivity contribution in [2.24, 2.45) is 0 Å². The Hall–Kier alpha value is -0.170. The quantitative estimate of drug-likeness (QED) is 0.598. The first kappa shape index (κ1) is 11.9. The standard InChI is InChI=1S/C8H16O5S/c9-2-3-12-4-5-13-8-1-6-14(10,11)7-8/h8-9H,1-7H2/t8-/m1/s1. The molecule has 0 aromatic heterocycles. The third-order valence-corrected chi connectivity index (χ3v) is 3.74. The van der Waals surface area contributed by atoms with Crippen molar-refractivity contribution in [2.75, 3.05) is 37.9 Å². The maximum absolute atomic E-state index is 11.0. The maximum Gasteiger partial charge on any atom is 0.152 e. The highest BCUT2D eigenvalue weighted by Crippen LogP contribution is 2.14. The monoisotopic (exact) mass is 224 g/mol. The fraction of sp³-hybridized carbons (Fsp3) is 1.00. The second-order valence-electron chi connectivity index (χ2n) is 3.23. The molecule has 1 aliphatic rings. The van der Waals surface area contributed by atoms with E-state index >= 15 is 0 Å². The Bertz CT molecular complexity index is 248. The first-order chi connectivity index (χ1) is 6.64. The number of aliphatic hydroxyl groups is 1. The molecule has 0 radical (unpaired) electrons. The molecule has 5 nitrogen and oxygen atoms in total. The van der Waals surface area contributed by atoms with E-state index in [-0.39, 0.29) is 24.2 Å². The number of sulfone groups is 1. The zero-order chi connectivity index (χ0) is 10.4. The molecule has 0 spiro atoms. The summed E-state index contributed by atoms with van der Waals surface area (Å²) in [6.45, 7) is 1.08. The van der Waals surface area contributed by atoms with Crippen LogP contribution in [0, 0.1) is 0 Å². The van der Waals surface area contributed by atoms with Gasteiger partial charge in [0.1, 0.15) is 0 Å². The van der Waals surface area contributed by atoms with Crippen LogP contribution in [0.25, 0.3) is 0 Å². The Morgan fingerprint density at radius 3 is 2.64 bits per heavy atom. The van der Waals surface area contributed by atoms with Gasteiger partial charge < -0.3 is 14.6 Å². The van der Waals surface area contributed by atoms with Crippen LogP contribution in [0.2, 0.25) is 0 Å². The molecular formula is C8H16O5S. The Morgan fingerprint density at radius 1 is 1.29 bits per heavy atom. The Balaban J connectivity index is 2.03. The number of rotatable bonds is 6. The topological polar surface area (TPSA) is 72.8 Å². The summed E-state index contributed by atoms with van der Waals surface area (Å²) in [5.74, 6) is 0.363. The highest BCUT2D eigenvalue weighted by molar-refractivity contribution is 7.91. The van der Waals surface area contributed by atoms with Crippen molar-refractivity contribution in [3.63, 3.8) is 0 Å². The molecule has 0 aliphatic carbocycles. The van der Waals surface area contributed by atoms with Crippen LogP contribution in [0.5, 0.6) is 0 Å². The molecule has 1 aliphatic heterocycles. The summed E-state index contributed by atoms with van der Waals surface area (Å²) in [5, 5.41) is 8.40. The van der Waals surface area contributed by atoms with Gasteiger partial charge in [-0.3, -0.25) is 0 Å². The minimum atomic E-state index is -2.85.